The van der Waals surface area contributed by atoms with Crippen molar-refractivity contribution in [3.8, 4) is 0 Å². The average Bonchev–Trinajstić information content (AvgIpc) is 2.79. The number of aryl methyl sites for hydroxylation is 1. The smallest absolute Gasteiger partial charge is 0.437 e. The van der Waals surface area contributed by atoms with E-state index in [9.17, 15) is 9.59 Å². The minimum atomic E-state index is -0.759. The van der Waals surface area contributed by atoms with Crippen molar-refractivity contribution in [1.29, 1.82) is 0 Å². The van der Waals surface area contributed by atoms with Gasteiger partial charge < -0.3 is 14.8 Å². The summed E-state index contributed by atoms with van der Waals surface area (Å²) in [4.78, 5) is 28.7. The van der Waals surface area contributed by atoms with Gasteiger partial charge in [0.15, 0.2) is 0 Å². The molecule has 214 valence electrons. The number of nitrogens with zero attached hydrogens (tertiary/aromatic N) is 1. The van der Waals surface area contributed by atoms with Gasteiger partial charge in [-0.1, -0.05) is 63.3 Å². The Bertz CT molecular complexity index is 889. The summed E-state index contributed by atoms with van der Waals surface area (Å²) in [6.07, 6.45) is 11.6. The van der Waals surface area contributed by atoms with Crippen molar-refractivity contribution in [1.82, 2.24) is 10.6 Å². The average molecular weight is 530 g/mol. The topological polar surface area (TPSA) is 89.0 Å². The minimum absolute atomic E-state index is 0.0657. The van der Waals surface area contributed by atoms with Gasteiger partial charge in [0, 0.05) is 6.04 Å². The van der Waals surface area contributed by atoms with E-state index in [4.69, 9.17) is 9.47 Å². The van der Waals surface area contributed by atoms with Crippen molar-refractivity contribution in [3.63, 3.8) is 0 Å². The Labute approximate surface area is 230 Å². The van der Waals surface area contributed by atoms with Crippen LogP contribution < -0.4 is 10.6 Å². The highest BCUT2D eigenvalue weighted by molar-refractivity contribution is 5.99. The van der Waals surface area contributed by atoms with Crippen LogP contribution in [0.1, 0.15) is 130 Å². The van der Waals surface area contributed by atoms with E-state index in [0.717, 1.165) is 32.1 Å². The van der Waals surface area contributed by atoms with Gasteiger partial charge in [0.2, 0.25) is 5.96 Å². The number of rotatable bonds is 9. The van der Waals surface area contributed by atoms with Crippen molar-refractivity contribution >= 4 is 18.1 Å². The van der Waals surface area contributed by atoms with E-state index >= 15 is 0 Å². The predicted molar refractivity (Wildman–Crippen MR) is 155 cm³/mol. The number of guanidine groups is 1. The molecule has 1 aromatic rings. The zero-order valence-corrected chi connectivity index (χ0v) is 24.8. The van der Waals surface area contributed by atoms with E-state index in [2.05, 4.69) is 46.8 Å². The summed E-state index contributed by atoms with van der Waals surface area (Å²) in [7, 11) is 0. The molecule has 2 N–H and O–H groups in total. The van der Waals surface area contributed by atoms with Crippen LogP contribution in [0.25, 0.3) is 0 Å². The standard InChI is InChI=1S/C31H51N3O4/c1-8-9-10-11-12-13-14-23-15-17-24(18-16-23)25-19-21-26(22-20-25)32-27(33-28(35)37-30(2,3)4)34-29(36)38-31(5,6)7/h15-18,25-26H,8-14,19-22H2,1-7H3,(H2,32,33,34,35,36)/t25-,26-. The summed E-state index contributed by atoms with van der Waals surface area (Å²) in [5.74, 6) is 0.581. The number of ether oxygens (including phenoxy) is 2. The first-order chi connectivity index (χ1) is 17.8. The van der Waals surface area contributed by atoms with Gasteiger partial charge in [0.05, 0.1) is 0 Å². The van der Waals surface area contributed by atoms with E-state index in [0.29, 0.717) is 5.92 Å². The zero-order valence-electron chi connectivity index (χ0n) is 24.8. The van der Waals surface area contributed by atoms with Gasteiger partial charge >= 0.3 is 12.2 Å². The van der Waals surface area contributed by atoms with Crippen LogP contribution in [0.4, 0.5) is 9.59 Å². The number of unbranched alkanes of at least 4 members (excludes halogenated alkanes) is 5. The second-order valence-corrected chi connectivity index (χ2v) is 12.5. The van der Waals surface area contributed by atoms with E-state index in [-0.39, 0.29) is 12.0 Å². The molecule has 0 saturated heterocycles. The summed E-state index contributed by atoms with van der Waals surface area (Å²) in [5, 5.41) is 5.84. The van der Waals surface area contributed by atoms with Crippen molar-refractivity contribution in [3.05, 3.63) is 35.4 Å². The molecular formula is C31H51N3O4. The number of aliphatic imine (C=N–C) groups is 1. The highest BCUT2D eigenvalue weighted by atomic mass is 16.6. The molecule has 2 amide bonds. The largest absolute Gasteiger partial charge is 0.444 e. The second-order valence-electron chi connectivity index (χ2n) is 12.5. The lowest BCUT2D eigenvalue weighted by molar-refractivity contribution is 0.0560. The van der Waals surface area contributed by atoms with Crippen LogP contribution in [-0.4, -0.2) is 35.4 Å². The number of hydrogen-bond donors (Lipinski definition) is 2. The Hall–Kier alpha value is -2.57. The molecule has 0 spiro atoms. The van der Waals surface area contributed by atoms with Crippen LogP contribution in [0.15, 0.2) is 29.3 Å². The molecule has 1 fully saturated rings. The van der Waals surface area contributed by atoms with Gasteiger partial charge in [-0.2, -0.15) is 0 Å². The first-order valence-corrected chi connectivity index (χ1v) is 14.5. The van der Waals surface area contributed by atoms with Gasteiger partial charge in [-0.15, -0.1) is 4.99 Å². The van der Waals surface area contributed by atoms with Crippen LogP contribution in [0.2, 0.25) is 0 Å². The number of nitrogens with one attached hydrogen (secondary N) is 2. The summed E-state index contributed by atoms with van der Waals surface area (Å²) in [6, 6.07) is 9.27. The Morgan fingerprint density at radius 1 is 0.842 bits per heavy atom. The zero-order chi connectivity index (χ0) is 28.2. The second kappa shape index (κ2) is 15.1. The van der Waals surface area contributed by atoms with Crippen LogP contribution in [0, 0.1) is 0 Å². The highest BCUT2D eigenvalue weighted by Gasteiger charge is 2.26. The fourth-order valence-corrected chi connectivity index (χ4v) is 4.70. The third kappa shape index (κ3) is 13.3. The SMILES string of the molecule is CCCCCCCCc1ccc([C@H]2CC[C@H](N/C(=N/C(=O)OC(C)(C)C)NC(=O)OC(C)(C)C)CC2)cc1. The maximum atomic E-state index is 12.4. The lowest BCUT2D eigenvalue weighted by Gasteiger charge is -2.30. The molecule has 0 aromatic heterocycles. The minimum Gasteiger partial charge on any atom is -0.444 e. The maximum Gasteiger partial charge on any atom is 0.437 e. The highest BCUT2D eigenvalue weighted by Crippen LogP contribution is 2.33. The molecule has 2 rings (SSSR count). The van der Waals surface area contributed by atoms with E-state index < -0.39 is 23.4 Å². The number of alkyl carbamates (subject to hydrolysis) is 1. The van der Waals surface area contributed by atoms with Crippen LogP contribution in [-0.2, 0) is 15.9 Å². The van der Waals surface area contributed by atoms with Crippen LogP contribution in [0.3, 0.4) is 0 Å². The summed E-state index contributed by atoms with van der Waals surface area (Å²) >= 11 is 0. The van der Waals surface area contributed by atoms with E-state index in [1.807, 2.05) is 0 Å². The summed E-state index contributed by atoms with van der Waals surface area (Å²) in [6.45, 7) is 12.9. The monoisotopic (exact) mass is 529 g/mol. The molecule has 0 heterocycles. The first-order valence-electron chi connectivity index (χ1n) is 14.5. The van der Waals surface area contributed by atoms with Gasteiger partial charge in [0.25, 0.3) is 0 Å². The molecule has 1 aliphatic rings. The fourth-order valence-electron chi connectivity index (χ4n) is 4.70. The molecule has 1 saturated carbocycles. The normalized spacial score (nSPS) is 18.6. The number of hydrogen-bond acceptors (Lipinski definition) is 4. The first kappa shape index (κ1) is 31.6. The number of amides is 2. The number of benzene rings is 1. The van der Waals surface area contributed by atoms with Crippen molar-refractivity contribution in [2.24, 2.45) is 4.99 Å². The third-order valence-corrected chi connectivity index (χ3v) is 6.55. The van der Waals surface area contributed by atoms with Crippen LogP contribution in [0.5, 0.6) is 0 Å². The van der Waals surface area contributed by atoms with Gasteiger partial charge in [-0.25, -0.2) is 9.59 Å². The predicted octanol–water partition coefficient (Wildman–Crippen LogP) is 8.02. The Morgan fingerprint density at radius 2 is 1.42 bits per heavy atom. The lowest BCUT2D eigenvalue weighted by Crippen LogP contribution is -2.48. The van der Waals surface area contributed by atoms with Crippen molar-refractivity contribution < 1.29 is 19.1 Å². The van der Waals surface area contributed by atoms with Crippen molar-refractivity contribution in [2.45, 2.75) is 142 Å². The number of carbonyl (C=O) groups excluding carboxylic acids is 2. The molecule has 0 bridgehead atoms. The molecule has 1 aromatic carbocycles. The van der Waals surface area contributed by atoms with Gasteiger partial charge in [-0.05, 0) is 97.1 Å². The number of carbonyl (C=O) groups is 2. The van der Waals surface area contributed by atoms with Gasteiger partial charge in [-0.3, -0.25) is 5.32 Å². The van der Waals surface area contributed by atoms with Gasteiger partial charge in [0.1, 0.15) is 11.2 Å². The Morgan fingerprint density at radius 3 is 2.00 bits per heavy atom. The molecule has 38 heavy (non-hydrogen) atoms. The third-order valence-electron chi connectivity index (χ3n) is 6.55. The molecule has 7 nitrogen and oxygen atoms in total. The maximum absolute atomic E-state index is 12.4. The fraction of sp³-hybridized carbons (Fsp3) is 0.710. The summed E-state index contributed by atoms with van der Waals surface area (Å²) in [5.41, 5.74) is 1.48. The molecule has 7 heteroatoms. The molecular weight excluding hydrogens is 478 g/mol. The summed E-state index contributed by atoms with van der Waals surface area (Å²) < 4.78 is 10.7. The van der Waals surface area contributed by atoms with Crippen LogP contribution >= 0.6 is 0 Å². The lowest BCUT2D eigenvalue weighted by atomic mass is 9.81. The van der Waals surface area contributed by atoms with Crippen molar-refractivity contribution in [2.75, 3.05) is 0 Å². The quantitative estimate of drug-likeness (QED) is 0.192. The Balaban J connectivity index is 1.89. The Kier molecular flexibility index (Phi) is 12.6. The molecule has 1 aliphatic carbocycles. The van der Waals surface area contributed by atoms with E-state index in [1.165, 1.54) is 49.7 Å². The molecule has 0 atom stereocenters. The molecule has 0 aliphatic heterocycles. The molecule has 0 unspecified atom stereocenters. The van der Waals surface area contributed by atoms with E-state index in [1.54, 1.807) is 41.5 Å². The molecule has 0 radical (unpaired) electrons.